The predicted molar refractivity (Wildman–Crippen MR) is 68.5 cm³/mol. The lowest BCUT2D eigenvalue weighted by atomic mass is 10.3. The van der Waals surface area contributed by atoms with Crippen LogP contribution >= 0.6 is 0 Å². The molecule has 0 fully saturated rings. The van der Waals surface area contributed by atoms with Crippen LogP contribution in [0.3, 0.4) is 0 Å². The molecule has 0 unspecified atom stereocenters. The normalized spacial score (nSPS) is 10.4. The van der Waals surface area contributed by atoms with E-state index >= 15 is 0 Å². The van der Waals surface area contributed by atoms with Crippen molar-refractivity contribution >= 4 is 12.1 Å². The molecule has 2 rings (SSSR count). The molecule has 0 aliphatic heterocycles. The zero-order valence-electron chi connectivity index (χ0n) is 9.67. The van der Waals surface area contributed by atoms with Gasteiger partial charge >= 0.3 is 0 Å². The number of amides is 1. The van der Waals surface area contributed by atoms with E-state index in [-0.39, 0.29) is 12.5 Å². The first-order valence-corrected chi connectivity index (χ1v) is 5.48. The Morgan fingerprint density at radius 1 is 1.28 bits per heavy atom. The van der Waals surface area contributed by atoms with Gasteiger partial charge in [-0.05, 0) is 24.3 Å². The number of carbonyl (C=O) groups excluding carboxylic acids is 1. The van der Waals surface area contributed by atoms with Crippen molar-refractivity contribution in [2.45, 2.75) is 0 Å². The molecular formula is C13H13N3O2. The van der Waals surface area contributed by atoms with Crippen molar-refractivity contribution in [3.63, 3.8) is 0 Å². The van der Waals surface area contributed by atoms with E-state index in [0.717, 1.165) is 5.69 Å². The van der Waals surface area contributed by atoms with Crippen molar-refractivity contribution in [1.82, 2.24) is 10.4 Å². The van der Waals surface area contributed by atoms with Gasteiger partial charge in [0.05, 0.1) is 11.9 Å². The molecule has 2 aromatic rings. The summed E-state index contributed by atoms with van der Waals surface area (Å²) in [5.41, 5.74) is 3.20. The van der Waals surface area contributed by atoms with E-state index in [1.807, 2.05) is 30.3 Å². The Morgan fingerprint density at radius 3 is 2.83 bits per heavy atom. The van der Waals surface area contributed by atoms with Gasteiger partial charge in [0.1, 0.15) is 5.75 Å². The molecule has 5 heteroatoms. The molecule has 0 aliphatic carbocycles. The predicted octanol–water partition coefficient (Wildman–Crippen LogP) is 1.54. The van der Waals surface area contributed by atoms with Gasteiger partial charge in [-0.1, -0.05) is 18.2 Å². The van der Waals surface area contributed by atoms with Gasteiger partial charge < -0.3 is 9.72 Å². The Hall–Kier alpha value is -2.56. The number of nitrogens with zero attached hydrogens (tertiary/aromatic N) is 1. The van der Waals surface area contributed by atoms with Crippen LogP contribution in [-0.4, -0.2) is 23.7 Å². The molecule has 92 valence electrons. The van der Waals surface area contributed by atoms with Crippen molar-refractivity contribution in [3.05, 3.63) is 54.4 Å². The molecule has 1 heterocycles. The van der Waals surface area contributed by atoms with Crippen LogP contribution in [0.4, 0.5) is 0 Å². The number of hydrogen-bond donors (Lipinski definition) is 2. The maximum atomic E-state index is 11.4. The van der Waals surface area contributed by atoms with Crippen molar-refractivity contribution in [2.75, 3.05) is 6.61 Å². The summed E-state index contributed by atoms with van der Waals surface area (Å²) in [5.74, 6) is 0.350. The number of ether oxygens (including phenoxy) is 1. The van der Waals surface area contributed by atoms with Crippen LogP contribution in [0.15, 0.2) is 53.8 Å². The van der Waals surface area contributed by atoms with E-state index in [9.17, 15) is 4.79 Å². The van der Waals surface area contributed by atoms with Gasteiger partial charge in [0.2, 0.25) is 0 Å². The van der Waals surface area contributed by atoms with Gasteiger partial charge in [-0.15, -0.1) is 0 Å². The lowest BCUT2D eigenvalue weighted by Gasteiger charge is -2.03. The highest BCUT2D eigenvalue weighted by molar-refractivity contribution is 5.81. The van der Waals surface area contributed by atoms with Crippen LogP contribution < -0.4 is 10.2 Å². The molecule has 0 saturated carbocycles. The number of carbonyl (C=O) groups is 1. The fourth-order valence-electron chi connectivity index (χ4n) is 1.30. The molecule has 0 atom stereocenters. The first kappa shape index (κ1) is 11.9. The maximum absolute atomic E-state index is 11.4. The average Bonchev–Trinajstić information content (AvgIpc) is 2.91. The maximum Gasteiger partial charge on any atom is 0.277 e. The summed E-state index contributed by atoms with van der Waals surface area (Å²) >= 11 is 0. The van der Waals surface area contributed by atoms with E-state index in [2.05, 4.69) is 15.5 Å². The van der Waals surface area contributed by atoms with Crippen molar-refractivity contribution < 1.29 is 9.53 Å². The van der Waals surface area contributed by atoms with Crippen LogP contribution in [-0.2, 0) is 4.79 Å². The second-order valence-corrected chi connectivity index (χ2v) is 3.52. The van der Waals surface area contributed by atoms with Crippen LogP contribution in [0.5, 0.6) is 5.75 Å². The summed E-state index contributed by atoms with van der Waals surface area (Å²) in [7, 11) is 0. The molecule has 0 spiro atoms. The fourth-order valence-corrected chi connectivity index (χ4v) is 1.30. The average molecular weight is 243 g/mol. The number of aromatic nitrogens is 1. The van der Waals surface area contributed by atoms with Crippen molar-refractivity contribution in [1.29, 1.82) is 0 Å². The van der Waals surface area contributed by atoms with Gasteiger partial charge in [0.25, 0.3) is 5.91 Å². The summed E-state index contributed by atoms with van der Waals surface area (Å²) in [6.45, 7) is -0.0634. The highest BCUT2D eigenvalue weighted by Gasteiger charge is 2.00. The zero-order chi connectivity index (χ0) is 12.6. The molecule has 0 radical (unpaired) electrons. The lowest BCUT2D eigenvalue weighted by Crippen LogP contribution is -2.24. The molecule has 1 aromatic carbocycles. The van der Waals surface area contributed by atoms with E-state index < -0.39 is 0 Å². The van der Waals surface area contributed by atoms with Crippen molar-refractivity contribution in [2.24, 2.45) is 5.10 Å². The fraction of sp³-hybridized carbons (Fsp3) is 0.0769. The molecule has 1 aromatic heterocycles. The number of rotatable bonds is 5. The topological polar surface area (TPSA) is 66.5 Å². The molecular weight excluding hydrogens is 230 g/mol. The third-order valence-corrected chi connectivity index (χ3v) is 2.13. The largest absolute Gasteiger partial charge is 0.484 e. The Labute approximate surface area is 104 Å². The monoisotopic (exact) mass is 243 g/mol. The number of hydrazone groups is 1. The van der Waals surface area contributed by atoms with E-state index in [0.29, 0.717) is 5.75 Å². The number of nitrogens with one attached hydrogen (secondary N) is 2. The smallest absolute Gasteiger partial charge is 0.277 e. The number of benzene rings is 1. The lowest BCUT2D eigenvalue weighted by molar-refractivity contribution is -0.123. The first-order valence-electron chi connectivity index (χ1n) is 5.48. The minimum absolute atomic E-state index is 0.0634. The molecule has 0 saturated heterocycles. The molecule has 5 nitrogen and oxygen atoms in total. The zero-order valence-corrected chi connectivity index (χ0v) is 9.67. The van der Waals surface area contributed by atoms with Crippen molar-refractivity contribution in [3.8, 4) is 5.75 Å². The van der Waals surface area contributed by atoms with Gasteiger partial charge in [0, 0.05) is 6.20 Å². The second kappa shape index (κ2) is 6.24. The van der Waals surface area contributed by atoms with Gasteiger partial charge in [-0.25, -0.2) is 5.43 Å². The summed E-state index contributed by atoms with van der Waals surface area (Å²) in [4.78, 5) is 14.3. The number of hydrogen-bond acceptors (Lipinski definition) is 3. The molecule has 18 heavy (non-hydrogen) atoms. The molecule has 1 amide bonds. The summed E-state index contributed by atoms with van der Waals surface area (Å²) < 4.78 is 5.26. The summed E-state index contributed by atoms with van der Waals surface area (Å²) in [6, 6.07) is 12.8. The number of aromatic amines is 1. The van der Waals surface area contributed by atoms with Crippen LogP contribution in [0.2, 0.25) is 0 Å². The Morgan fingerprint density at radius 2 is 2.11 bits per heavy atom. The second-order valence-electron chi connectivity index (χ2n) is 3.52. The molecule has 0 aliphatic rings. The Kier molecular flexibility index (Phi) is 4.13. The van der Waals surface area contributed by atoms with Crippen LogP contribution in [0, 0.1) is 0 Å². The Balaban J connectivity index is 1.73. The quantitative estimate of drug-likeness (QED) is 0.618. The summed E-state index contributed by atoms with van der Waals surface area (Å²) in [5, 5.41) is 3.79. The van der Waals surface area contributed by atoms with Gasteiger partial charge in [-0.3, -0.25) is 4.79 Å². The van der Waals surface area contributed by atoms with E-state index in [4.69, 9.17) is 4.74 Å². The molecule has 0 bridgehead atoms. The van der Waals surface area contributed by atoms with E-state index in [1.54, 1.807) is 18.3 Å². The number of para-hydroxylation sites is 1. The minimum atomic E-state index is -0.304. The third kappa shape index (κ3) is 3.79. The van der Waals surface area contributed by atoms with Gasteiger partial charge in [-0.2, -0.15) is 5.10 Å². The third-order valence-electron chi connectivity index (χ3n) is 2.13. The van der Waals surface area contributed by atoms with Crippen LogP contribution in [0.25, 0.3) is 0 Å². The highest BCUT2D eigenvalue weighted by atomic mass is 16.5. The highest BCUT2D eigenvalue weighted by Crippen LogP contribution is 2.07. The molecule has 2 N–H and O–H groups in total. The number of H-pyrrole nitrogens is 1. The minimum Gasteiger partial charge on any atom is -0.484 e. The SMILES string of the molecule is O=C(COc1ccccc1)N/N=C/c1ccc[nH]1. The van der Waals surface area contributed by atoms with Gasteiger partial charge in [0.15, 0.2) is 6.61 Å². The Bertz CT molecular complexity index is 506. The van der Waals surface area contributed by atoms with Crippen LogP contribution in [0.1, 0.15) is 5.69 Å². The summed E-state index contributed by atoms with van der Waals surface area (Å²) in [6.07, 6.45) is 3.31. The first-order chi connectivity index (χ1) is 8.84. The van der Waals surface area contributed by atoms with E-state index in [1.165, 1.54) is 6.21 Å². The standard InChI is InChI=1S/C13H13N3O2/c17-13(10-18-12-6-2-1-3-7-12)16-15-9-11-5-4-8-14-11/h1-9,14H,10H2,(H,16,17)/b15-9+.